The lowest BCUT2D eigenvalue weighted by molar-refractivity contribution is -0.114. The molecule has 0 radical (unpaired) electrons. The van der Waals surface area contributed by atoms with Crippen LogP contribution in [-0.2, 0) is 4.79 Å². The van der Waals surface area contributed by atoms with Gasteiger partial charge in [0, 0.05) is 66.1 Å². The van der Waals surface area contributed by atoms with Crippen LogP contribution >= 0.6 is 23.3 Å². The first-order chi connectivity index (χ1) is 14.8. The van der Waals surface area contributed by atoms with Gasteiger partial charge in [0.2, 0.25) is 5.91 Å². The van der Waals surface area contributed by atoms with Crippen LogP contribution in [0, 0.1) is 5.41 Å². The molecule has 2 aromatic carbocycles. The molecule has 0 aliphatic heterocycles. The van der Waals surface area contributed by atoms with Crippen molar-refractivity contribution in [3.8, 4) is 21.0 Å². The highest BCUT2D eigenvalue weighted by Crippen LogP contribution is 2.38. The van der Waals surface area contributed by atoms with Crippen molar-refractivity contribution in [2.45, 2.75) is 25.7 Å². The maximum atomic E-state index is 11.5. The molecule has 0 aliphatic rings. The van der Waals surface area contributed by atoms with Crippen molar-refractivity contribution in [3.63, 3.8) is 0 Å². The highest BCUT2D eigenvalue weighted by molar-refractivity contribution is 7.97. The number of nitrogens with one attached hydrogen (secondary N) is 3. The van der Waals surface area contributed by atoms with Gasteiger partial charge in [0.1, 0.15) is 5.01 Å². The first kappa shape index (κ1) is 23.3. The highest BCUT2D eigenvalue weighted by Gasteiger charge is 2.17. The molecule has 0 unspecified atom stereocenters. The van der Waals surface area contributed by atoms with Crippen molar-refractivity contribution < 1.29 is 9.90 Å². The highest BCUT2D eigenvalue weighted by atomic mass is 32.2. The normalized spacial score (nSPS) is 11.4. The molecule has 0 bridgehead atoms. The summed E-state index contributed by atoms with van der Waals surface area (Å²) in [6.07, 6.45) is 1.89. The van der Waals surface area contributed by atoms with Crippen molar-refractivity contribution in [1.29, 1.82) is 0 Å². The van der Waals surface area contributed by atoms with Crippen LogP contribution in [0.1, 0.15) is 20.8 Å². The molecule has 1 amide bonds. The second-order valence-electron chi connectivity index (χ2n) is 7.99. The Morgan fingerprint density at radius 3 is 2.52 bits per heavy atom. The Hall–Kier alpha value is -2.39. The van der Waals surface area contributed by atoms with Crippen molar-refractivity contribution in [3.05, 3.63) is 48.7 Å². The molecule has 8 heteroatoms. The van der Waals surface area contributed by atoms with E-state index in [1.165, 1.54) is 18.9 Å². The summed E-state index contributed by atoms with van der Waals surface area (Å²) in [6.45, 7) is 6.25. The van der Waals surface area contributed by atoms with E-state index in [4.69, 9.17) is 0 Å². The van der Waals surface area contributed by atoms with E-state index in [1.807, 2.05) is 57.4 Å². The predicted octanol–water partition coefficient (Wildman–Crippen LogP) is 5.09. The molecule has 3 aromatic rings. The van der Waals surface area contributed by atoms with E-state index in [0.29, 0.717) is 6.54 Å². The minimum atomic E-state index is -0.223. The van der Waals surface area contributed by atoms with Crippen molar-refractivity contribution >= 4 is 40.6 Å². The number of carbonyl (C=O) groups is 1. The number of aromatic nitrogens is 1. The number of benzene rings is 2. The molecule has 31 heavy (non-hydrogen) atoms. The number of hydrogen-bond donors (Lipinski definition) is 4. The van der Waals surface area contributed by atoms with E-state index >= 15 is 0 Å². The minimum Gasteiger partial charge on any atom is -0.396 e. The summed E-state index contributed by atoms with van der Waals surface area (Å²) >= 11 is 3.12. The van der Waals surface area contributed by atoms with E-state index < -0.39 is 0 Å². The van der Waals surface area contributed by atoms with Crippen molar-refractivity contribution in [1.82, 2.24) is 9.71 Å². The smallest absolute Gasteiger partial charge is 0.221 e. The zero-order chi connectivity index (χ0) is 22.4. The fraction of sp³-hybridized carbons (Fsp3) is 0.304. The number of aliphatic hydroxyl groups is 1. The Labute approximate surface area is 191 Å². The third-order valence-corrected chi connectivity index (χ3v) is 6.58. The van der Waals surface area contributed by atoms with Gasteiger partial charge < -0.3 is 15.7 Å². The quantitative estimate of drug-likeness (QED) is 0.336. The molecule has 1 heterocycles. The van der Waals surface area contributed by atoms with E-state index in [0.717, 1.165) is 37.3 Å². The lowest BCUT2D eigenvalue weighted by Gasteiger charge is -2.22. The van der Waals surface area contributed by atoms with Gasteiger partial charge in [-0.2, -0.15) is 0 Å². The van der Waals surface area contributed by atoms with Crippen LogP contribution in [0.4, 0.5) is 11.4 Å². The molecule has 0 saturated heterocycles. The fourth-order valence-electron chi connectivity index (χ4n) is 2.77. The summed E-state index contributed by atoms with van der Waals surface area (Å²) in [7, 11) is 1.90. The Kier molecular flexibility index (Phi) is 7.72. The second-order valence-corrected chi connectivity index (χ2v) is 9.96. The van der Waals surface area contributed by atoms with Gasteiger partial charge >= 0.3 is 0 Å². The SMILES string of the molecule is CNc1ccc(-c2ncc(-c3ccc(NC(C)=O)cc3SNCC(C)(C)CO)s2)cc1. The fourth-order valence-corrected chi connectivity index (χ4v) is 4.89. The van der Waals surface area contributed by atoms with Crippen LogP contribution in [0.5, 0.6) is 0 Å². The molecule has 0 spiro atoms. The zero-order valence-electron chi connectivity index (χ0n) is 18.2. The summed E-state index contributed by atoms with van der Waals surface area (Å²) in [6, 6.07) is 14.1. The van der Waals surface area contributed by atoms with Crippen molar-refractivity contribution in [2.75, 3.05) is 30.8 Å². The van der Waals surface area contributed by atoms with Gasteiger partial charge in [0.05, 0.1) is 4.88 Å². The molecule has 0 atom stereocenters. The average molecular weight is 457 g/mol. The third-order valence-electron chi connectivity index (χ3n) is 4.65. The van der Waals surface area contributed by atoms with E-state index in [2.05, 4.69) is 32.5 Å². The summed E-state index contributed by atoms with van der Waals surface area (Å²) in [5.41, 5.74) is 3.70. The lowest BCUT2D eigenvalue weighted by Crippen LogP contribution is -2.28. The largest absolute Gasteiger partial charge is 0.396 e. The number of anilines is 2. The Balaban J connectivity index is 1.88. The second kappa shape index (κ2) is 10.3. The van der Waals surface area contributed by atoms with E-state index in [1.54, 1.807) is 11.3 Å². The standard InChI is InChI=1S/C23H28N4O2S2/c1-15(29)27-18-9-10-19(20(11-18)31-26-13-23(2,3)14-28)21-12-25-22(30-21)16-5-7-17(24-4)8-6-16/h5-12,24,26,28H,13-14H2,1-4H3,(H,27,29). The molecular weight excluding hydrogens is 428 g/mol. The summed E-state index contributed by atoms with van der Waals surface area (Å²) < 4.78 is 3.36. The molecule has 3 rings (SSSR count). The van der Waals surface area contributed by atoms with Gasteiger partial charge in [-0.1, -0.05) is 19.9 Å². The van der Waals surface area contributed by atoms with Crippen LogP contribution in [0.2, 0.25) is 0 Å². The predicted molar refractivity (Wildman–Crippen MR) is 132 cm³/mol. The number of rotatable bonds is 9. The Bertz CT molecular complexity index is 1030. The summed E-state index contributed by atoms with van der Waals surface area (Å²) in [4.78, 5) is 18.2. The molecule has 0 aliphatic carbocycles. The maximum Gasteiger partial charge on any atom is 0.221 e. The lowest BCUT2D eigenvalue weighted by atomic mass is 9.96. The van der Waals surface area contributed by atoms with Crippen LogP contribution in [0.3, 0.4) is 0 Å². The van der Waals surface area contributed by atoms with Gasteiger partial charge in [-0.25, -0.2) is 4.98 Å². The average Bonchev–Trinajstić information content (AvgIpc) is 3.23. The van der Waals surface area contributed by atoms with Gasteiger partial charge in [0.15, 0.2) is 0 Å². The number of hydrogen-bond acceptors (Lipinski definition) is 7. The minimum absolute atomic E-state index is 0.101. The Morgan fingerprint density at radius 2 is 1.87 bits per heavy atom. The first-order valence-corrected chi connectivity index (χ1v) is 11.6. The number of nitrogens with zero attached hydrogens (tertiary/aromatic N) is 1. The van der Waals surface area contributed by atoms with Crippen LogP contribution in [0.15, 0.2) is 53.6 Å². The maximum absolute atomic E-state index is 11.5. The summed E-state index contributed by atoms with van der Waals surface area (Å²) in [5, 5.41) is 16.4. The monoisotopic (exact) mass is 456 g/mol. The number of aliphatic hydroxyl groups excluding tert-OH is 1. The molecule has 1 aromatic heterocycles. The summed E-state index contributed by atoms with van der Waals surface area (Å²) in [5.74, 6) is -0.108. The molecule has 4 N–H and O–H groups in total. The number of thiazole rings is 1. The first-order valence-electron chi connectivity index (χ1n) is 9.98. The van der Waals surface area contributed by atoms with Crippen molar-refractivity contribution in [2.24, 2.45) is 5.41 Å². The number of amides is 1. The van der Waals surface area contributed by atoms with Crippen LogP contribution < -0.4 is 15.4 Å². The molecule has 6 nitrogen and oxygen atoms in total. The number of carbonyl (C=O) groups excluding carboxylic acids is 1. The topological polar surface area (TPSA) is 86.3 Å². The van der Waals surface area contributed by atoms with E-state index in [9.17, 15) is 9.90 Å². The molecular formula is C23H28N4O2S2. The van der Waals surface area contributed by atoms with Gasteiger partial charge in [-0.3, -0.25) is 9.52 Å². The van der Waals surface area contributed by atoms with Gasteiger partial charge in [-0.05, 0) is 48.3 Å². The third kappa shape index (κ3) is 6.30. The van der Waals surface area contributed by atoms with E-state index in [-0.39, 0.29) is 17.9 Å². The van der Waals surface area contributed by atoms with Gasteiger partial charge in [-0.15, -0.1) is 11.3 Å². The molecule has 0 saturated carbocycles. The molecule has 0 fully saturated rings. The van der Waals surface area contributed by atoms with Gasteiger partial charge in [0.25, 0.3) is 0 Å². The zero-order valence-corrected chi connectivity index (χ0v) is 19.8. The van der Waals surface area contributed by atoms with Crippen LogP contribution in [-0.4, -0.2) is 36.2 Å². The van der Waals surface area contributed by atoms with Crippen LogP contribution in [0.25, 0.3) is 21.0 Å². The Morgan fingerprint density at radius 1 is 1.16 bits per heavy atom. The molecule has 164 valence electrons.